The number of likely N-dealkylation sites (N-methyl/N-ethyl adjacent to an activating group) is 1. The number of carbonyl (C=O) groups excluding carboxylic acids is 2. The number of ether oxygens (including phenoxy) is 1. The van der Waals surface area contributed by atoms with E-state index in [0.717, 1.165) is 5.56 Å². The van der Waals surface area contributed by atoms with Crippen LogP contribution in [0.5, 0.6) is 0 Å². The number of benzene rings is 1. The van der Waals surface area contributed by atoms with Gasteiger partial charge in [0.1, 0.15) is 12.1 Å². The zero-order valence-corrected chi connectivity index (χ0v) is 11.4. The Kier molecular flexibility index (Phi) is 4.70. The van der Waals surface area contributed by atoms with Gasteiger partial charge in [0.05, 0.1) is 13.2 Å². The molecule has 1 saturated heterocycles. The minimum atomic E-state index is -0.763. The maximum atomic E-state index is 12.5. The van der Waals surface area contributed by atoms with E-state index in [4.69, 9.17) is 10.5 Å². The number of carbonyl (C=O) groups is 2. The molecule has 1 aromatic rings. The SMILES string of the molecule is CNC(=O)C1COCCN1C(=O)[C@@H](N)c1ccccc1. The van der Waals surface area contributed by atoms with Gasteiger partial charge in [-0.3, -0.25) is 9.59 Å². The summed E-state index contributed by atoms with van der Waals surface area (Å²) in [6, 6.07) is 7.76. The van der Waals surface area contributed by atoms with Gasteiger partial charge >= 0.3 is 0 Å². The predicted molar refractivity (Wildman–Crippen MR) is 73.8 cm³/mol. The number of morpholine rings is 1. The van der Waals surface area contributed by atoms with Crippen LogP contribution in [0.15, 0.2) is 30.3 Å². The van der Waals surface area contributed by atoms with Crippen molar-refractivity contribution in [2.75, 3.05) is 26.8 Å². The molecule has 1 aliphatic heterocycles. The van der Waals surface area contributed by atoms with Crippen LogP contribution in [0.2, 0.25) is 0 Å². The molecular formula is C14H19N3O3. The van der Waals surface area contributed by atoms with Crippen molar-refractivity contribution in [3.63, 3.8) is 0 Å². The van der Waals surface area contributed by atoms with E-state index in [1.54, 1.807) is 12.1 Å². The number of nitrogens with one attached hydrogen (secondary N) is 1. The molecular weight excluding hydrogens is 258 g/mol. The number of amides is 2. The summed E-state index contributed by atoms with van der Waals surface area (Å²) in [4.78, 5) is 25.8. The first-order valence-electron chi connectivity index (χ1n) is 6.55. The van der Waals surface area contributed by atoms with E-state index < -0.39 is 12.1 Å². The second kappa shape index (κ2) is 6.49. The Morgan fingerprint density at radius 1 is 1.40 bits per heavy atom. The van der Waals surface area contributed by atoms with Gasteiger partial charge in [-0.25, -0.2) is 0 Å². The van der Waals surface area contributed by atoms with Gasteiger partial charge in [0.25, 0.3) is 0 Å². The number of hydrogen-bond donors (Lipinski definition) is 2. The smallest absolute Gasteiger partial charge is 0.244 e. The first-order chi connectivity index (χ1) is 9.65. The second-order valence-electron chi connectivity index (χ2n) is 4.62. The zero-order chi connectivity index (χ0) is 14.5. The molecule has 1 fully saturated rings. The van der Waals surface area contributed by atoms with E-state index in [1.807, 2.05) is 18.2 Å². The molecule has 20 heavy (non-hydrogen) atoms. The van der Waals surface area contributed by atoms with Crippen LogP contribution in [0.3, 0.4) is 0 Å². The molecule has 2 rings (SSSR count). The van der Waals surface area contributed by atoms with Crippen molar-refractivity contribution in [1.82, 2.24) is 10.2 Å². The first kappa shape index (κ1) is 14.5. The van der Waals surface area contributed by atoms with Crippen LogP contribution in [0, 0.1) is 0 Å². The van der Waals surface area contributed by atoms with Crippen LogP contribution in [-0.4, -0.2) is 49.6 Å². The minimum absolute atomic E-state index is 0.201. The molecule has 0 saturated carbocycles. The molecule has 0 bridgehead atoms. The molecule has 0 spiro atoms. The molecule has 0 radical (unpaired) electrons. The molecule has 1 aliphatic rings. The highest BCUT2D eigenvalue weighted by atomic mass is 16.5. The van der Waals surface area contributed by atoms with Gasteiger partial charge in [0, 0.05) is 13.6 Å². The third-order valence-electron chi connectivity index (χ3n) is 3.39. The number of nitrogens with two attached hydrogens (primary N) is 1. The summed E-state index contributed by atoms with van der Waals surface area (Å²) in [5.41, 5.74) is 6.75. The highest BCUT2D eigenvalue weighted by Gasteiger charge is 2.34. The highest BCUT2D eigenvalue weighted by Crippen LogP contribution is 2.17. The van der Waals surface area contributed by atoms with Gasteiger partial charge in [0.2, 0.25) is 11.8 Å². The fraction of sp³-hybridized carbons (Fsp3) is 0.429. The second-order valence-corrected chi connectivity index (χ2v) is 4.62. The lowest BCUT2D eigenvalue weighted by atomic mass is 10.0. The van der Waals surface area contributed by atoms with Crippen LogP contribution < -0.4 is 11.1 Å². The average Bonchev–Trinajstić information content (AvgIpc) is 2.53. The summed E-state index contributed by atoms with van der Waals surface area (Å²) in [6.07, 6.45) is 0. The molecule has 108 valence electrons. The van der Waals surface area contributed by atoms with E-state index in [9.17, 15) is 9.59 Å². The van der Waals surface area contributed by atoms with Crippen molar-refractivity contribution < 1.29 is 14.3 Å². The van der Waals surface area contributed by atoms with Gasteiger partial charge < -0.3 is 20.7 Å². The fourth-order valence-electron chi connectivity index (χ4n) is 2.23. The molecule has 2 amide bonds. The topological polar surface area (TPSA) is 84.7 Å². The number of nitrogens with zero attached hydrogens (tertiary/aromatic N) is 1. The van der Waals surface area contributed by atoms with Crippen molar-refractivity contribution in [3.05, 3.63) is 35.9 Å². The summed E-state index contributed by atoms with van der Waals surface area (Å²) in [5, 5.41) is 2.54. The fourth-order valence-corrected chi connectivity index (χ4v) is 2.23. The van der Waals surface area contributed by atoms with Gasteiger partial charge in [-0.1, -0.05) is 30.3 Å². The number of hydrogen-bond acceptors (Lipinski definition) is 4. The number of rotatable bonds is 3. The van der Waals surface area contributed by atoms with E-state index in [2.05, 4.69) is 5.32 Å². The highest BCUT2D eigenvalue weighted by molar-refractivity contribution is 5.90. The van der Waals surface area contributed by atoms with Crippen LogP contribution >= 0.6 is 0 Å². The molecule has 0 aromatic heterocycles. The monoisotopic (exact) mass is 277 g/mol. The summed E-state index contributed by atoms with van der Waals surface area (Å²) < 4.78 is 5.28. The van der Waals surface area contributed by atoms with Crippen molar-refractivity contribution in [1.29, 1.82) is 0 Å². The largest absolute Gasteiger partial charge is 0.377 e. The molecule has 1 unspecified atom stereocenters. The van der Waals surface area contributed by atoms with Gasteiger partial charge in [-0.15, -0.1) is 0 Å². The van der Waals surface area contributed by atoms with Crippen molar-refractivity contribution in [3.8, 4) is 0 Å². The van der Waals surface area contributed by atoms with Crippen molar-refractivity contribution in [2.24, 2.45) is 5.73 Å². The Bertz CT molecular complexity index is 478. The predicted octanol–water partition coefficient (Wildman–Crippen LogP) is -0.340. The first-order valence-corrected chi connectivity index (χ1v) is 6.55. The molecule has 3 N–H and O–H groups in total. The van der Waals surface area contributed by atoms with Gasteiger partial charge in [0.15, 0.2) is 0 Å². The summed E-state index contributed by atoms with van der Waals surface area (Å²) in [5.74, 6) is -0.494. The molecule has 6 heteroatoms. The summed E-state index contributed by atoms with van der Waals surface area (Å²) in [7, 11) is 1.54. The Balaban J connectivity index is 2.15. The van der Waals surface area contributed by atoms with Gasteiger partial charge in [-0.05, 0) is 5.56 Å². The van der Waals surface area contributed by atoms with E-state index in [0.29, 0.717) is 13.2 Å². The van der Waals surface area contributed by atoms with Crippen molar-refractivity contribution in [2.45, 2.75) is 12.1 Å². The van der Waals surface area contributed by atoms with Crippen LogP contribution in [0.1, 0.15) is 11.6 Å². The summed E-state index contributed by atoms with van der Waals surface area (Å²) >= 11 is 0. The standard InChI is InChI=1S/C14H19N3O3/c1-16-13(18)11-9-20-8-7-17(11)14(19)12(15)10-5-3-2-4-6-10/h2-6,11-12H,7-9,15H2,1H3,(H,16,18)/t11?,12-/m0/s1. The third-order valence-corrected chi connectivity index (χ3v) is 3.39. The average molecular weight is 277 g/mol. The van der Waals surface area contributed by atoms with E-state index in [-0.39, 0.29) is 18.4 Å². The van der Waals surface area contributed by atoms with E-state index in [1.165, 1.54) is 11.9 Å². The Morgan fingerprint density at radius 3 is 2.75 bits per heavy atom. The quantitative estimate of drug-likeness (QED) is 0.791. The summed E-state index contributed by atoms with van der Waals surface area (Å²) in [6.45, 7) is 0.991. The zero-order valence-electron chi connectivity index (χ0n) is 11.4. The third kappa shape index (κ3) is 2.97. The Labute approximate surface area is 117 Å². The molecule has 1 aromatic carbocycles. The van der Waals surface area contributed by atoms with Crippen molar-refractivity contribution >= 4 is 11.8 Å². The molecule has 1 heterocycles. The van der Waals surface area contributed by atoms with E-state index >= 15 is 0 Å². The molecule has 6 nitrogen and oxygen atoms in total. The lowest BCUT2D eigenvalue weighted by molar-refractivity contribution is -0.149. The Morgan fingerprint density at radius 2 is 2.10 bits per heavy atom. The maximum absolute atomic E-state index is 12.5. The van der Waals surface area contributed by atoms with Gasteiger partial charge in [-0.2, -0.15) is 0 Å². The van der Waals surface area contributed by atoms with Crippen LogP contribution in [0.25, 0.3) is 0 Å². The normalized spacial score (nSPS) is 20.3. The minimum Gasteiger partial charge on any atom is -0.377 e. The lowest BCUT2D eigenvalue weighted by Crippen LogP contribution is -2.57. The van der Waals surface area contributed by atoms with Crippen LogP contribution in [0.4, 0.5) is 0 Å². The molecule has 2 atom stereocenters. The van der Waals surface area contributed by atoms with Crippen LogP contribution in [-0.2, 0) is 14.3 Å². The Hall–Kier alpha value is -1.92. The lowest BCUT2D eigenvalue weighted by Gasteiger charge is -2.35. The maximum Gasteiger partial charge on any atom is 0.244 e. The molecule has 0 aliphatic carbocycles.